The fourth-order valence-corrected chi connectivity index (χ4v) is 13.2. The van der Waals surface area contributed by atoms with E-state index in [1.165, 1.54) is 46.8 Å². The first-order valence-corrected chi connectivity index (χ1v) is 42.2. The Morgan fingerprint density at radius 3 is 1.30 bits per heavy atom. The number of rotatable bonds is 40. The lowest BCUT2D eigenvalue weighted by Gasteiger charge is -2.44. The first kappa shape index (κ1) is 105. The third-order valence-corrected chi connectivity index (χ3v) is 20.2. The molecule has 0 spiro atoms. The van der Waals surface area contributed by atoms with Crippen molar-refractivity contribution >= 4 is 77.5 Å². The predicted molar refractivity (Wildman–Crippen MR) is 442 cm³/mol. The fourth-order valence-electron chi connectivity index (χ4n) is 13.2. The van der Waals surface area contributed by atoms with Crippen molar-refractivity contribution in [3.8, 4) is 34.0 Å². The Morgan fingerprint density at radius 2 is 0.938 bits per heavy atom. The monoisotopic (exact) mass is 1810 g/mol. The topological polar surface area (TPSA) is 456 Å². The van der Waals surface area contributed by atoms with Crippen molar-refractivity contribution in [1.82, 2.24) is 55.6 Å². The molecule has 2 N–H and O–H groups in total. The number of esters is 4. The number of benzene rings is 3. The molecule has 5 aromatic rings. The first-order valence-electron chi connectivity index (χ1n) is 42.2. The lowest BCUT2D eigenvalue weighted by atomic mass is 9.84. The van der Waals surface area contributed by atoms with Crippen molar-refractivity contribution in [2.45, 2.75) is 248 Å². The minimum absolute atomic E-state index is 0.0126. The van der Waals surface area contributed by atoms with Crippen molar-refractivity contribution in [2.75, 3.05) is 60.8 Å². The maximum absolute atomic E-state index is 13.6. The number of hydroxylamine groups is 4. The van der Waals surface area contributed by atoms with Gasteiger partial charge in [-0.3, -0.25) is 43.2 Å². The summed E-state index contributed by atoms with van der Waals surface area (Å²) in [5.74, 6) is -7.06. The van der Waals surface area contributed by atoms with Crippen LogP contribution in [0.25, 0.3) is 22.5 Å². The number of halogens is 3. The largest absolute Gasteiger partial charge is 0.496 e. The second kappa shape index (κ2) is 53.1. The maximum Gasteiger partial charge on any atom is 0.471 e. The lowest BCUT2D eigenvalue weighted by molar-refractivity contribution is -0.275. The average molecular weight is 1810 g/mol. The third kappa shape index (κ3) is 34.1. The molecule has 4 saturated heterocycles. The van der Waals surface area contributed by atoms with Gasteiger partial charge in [-0.15, -0.1) is 20.3 Å². The summed E-state index contributed by atoms with van der Waals surface area (Å²) in [6.45, 7) is 20.6. The Morgan fingerprint density at radius 1 is 0.531 bits per heavy atom. The highest BCUT2D eigenvalue weighted by atomic mass is 19.4. The molecule has 706 valence electrons. The minimum atomic E-state index is -5.18. The number of hydrogen-bond donors (Lipinski definition) is 2. The molecule has 2 aromatic heterocycles. The number of amides is 7. The zero-order valence-corrected chi connectivity index (χ0v) is 74.8. The average Bonchev–Trinajstić information content (AvgIpc) is 1.42. The van der Waals surface area contributed by atoms with Gasteiger partial charge < -0.3 is 86.8 Å². The standard InChI is InChI=1S/C38H48F3N5O10.C30H44N4O10.2C9H13NO4/c1-7-15-42-37(50)53-21-29-14-13-28(16-32(29)51-6)31-19-46(44-43-31)20-33-34(55-26(5)48)23(2)24(3)35(56-33)52-22-30(54-25(4)47)18-45(36(49)38(39,40)41)17-27-11-9-8-10-12-27;1-8-11-31-30(37)41-15-23-10-9-22(12-26(23)39-7)25-13-34(33-32-25)14-27-28(43-21(5)36)18(2)19(3)29(44-27)40-17-24(16-38-6)42-20(4)35;2*1-2-3-4-9(13)14-10-7(11)5-6-8(10)12/h8-14,16,19,23-24,30,33-35H,7,15,17-18,20-22H2,1-6H3,(H,42,50);9-10,12-13,18-19,24,27-29H,8,11,14-17H2,1-7H3,(H,31,37);2*2-6H2,1H3/t23-,24?,30?,33?,34-,35+;18-,19?,24?,27?,28-,29+;;/m11../s1. The van der Waals surface area contributed by atoms with Gasteiger partial charge in [0.1, 0.15) is 72.7 Å². The molecule has 6 unspecified atom stereocenters. The molecule has 9 rings (SSSR count). The molecular weight excluding hydrogens is 1690 g/mol. The number of nitrogens with one attached hydrogen (secondary N) is 2. The summed E-state index contributed by atoms with van der Waals surface area (Å²) < 4.78 is 118. The van der Waals surface area contributed by atoms with Crippen LogP contribution >= 0.6 is 0 Å². The molecule has 4 fully saturated rings. The van der Waals surface area contributed by atoms with Gasteiger partial charge in [0.15, 0.2) is 12.6 Å². The van der Waals surface area contributed by atoms with Crippen LogP contribution in [-0.2, 0) is 147 Å². The maximum atomic E-state index is 13.6. The molecule has 0 aliphatic carbocycles. The predicted octanol–water partition coefficient (Wildman–Crippen LogP) is 9.74. The van der Waals surface area contributed by atoms with Crippen LogP contribution in [0.2, 0.25) is 0 Å². The number of methoxy groups -OCH3 is 3. The van der Waals surface area contributed by atoms with Crippen molar-refractivity contribution in [2.24, 2.45) is 23.7 Å². The van der Waals surface area contributed by atoms with Crippen LogP contribution in [0.3, 0.4) is 0 Å². The summed E-state index contributed by atoms with van der Waals surface area (Å²) in [6, 6.07) is 18.8. The molecule has 6 heterocycles. The lowest BCUT2D eigenvalue weighted by Crippen LogP contribution is -2.54. The zero-order valence-electron chi connectivity index (χ0n) is 74.8. The normalized spacial score (nSPS) is 19.9. The highest BCUT2D eigenvalue weighted by molar-refractivity contribution is 6.02. The summed E-state index contributed by atoms with van der Waals surface area (Å²) in [6.07, 6.45) is -3.31. The van der Waals surface area contributed by atoms with Gasteiger partial charge in [0.2, 0.25) is 0 Å². The number of carbonyl (C=O) groups is 13. The van der Waals surface area contributed by atoms with Crippen LogP contribution in [0, 0.1) is 23.7 Å². The summed E-state index contributed by atoms with van der Waals surface area (Å²) in [4.78, 5) is 160. The van der Waals surface area contributed by atoms with E-state index in [0.29, 0.717) is 86.1 Å². The van der Waals surface area contributed by atoms with E-state index in [1.807, 2.05) is 54.5 Å². The number of imide groups is 2. The molecule has 4 aliphatic rings. The number of hydrogen-bond acceptors (Lipinski definition) is 32. The Hall–Kier alpha value is -11.8. The van der Waals surface area contributed by atoms with Crippen LogP contribution in [0.15, 0.2) is 79.1 Å². The highest BCUT2D eigenvalue weighted by Gasteiger charge is 2.48. The van der Waals surface area contributed by atoms with Gasteiger partial charge >= 0.3 is 60.1 Å². The quantitative estimate of drug-likeness (QED) is 0.0209. The molecule has 39 nitrogen and oxygen atoms in total. The summed E-state index contributed by atoms with van der Waals surface area (Å²) in [5.41, 5.74) is 4.22. The van der Waals surface area contributed by atoms with E-state index in [-0.39, 0.29) is 102 Å². The van der Waals surface area contributed by atoms with Crippen molar-refractivity contribution in [1.29, 1.82) is 0 Å². The molecule has 7 amide bonds. The molecular formula is C86H118F3N11O28. The zero-order chi connectivity index (χ0) is 94.3. The molecule has 12 atom stereocenters. The van der Waals surface area contributed by atoms with Gasteiger partial charge in [0, 0.05) is 139 Å². The second-order valence-corrected chi connectivity index (χ2v) is 30.4. The SMILES string of the molecule is CCCCC(=O)ON1C(=O)CCC1=O.CCCCC(=O)ON1C(=O)CCC1=O.CCCNC(=O)OCc1ccc(-c2cn(CC3O[C@H](OCC(CN(Cc4ccccc4)C(=O)C(F)(F)F)OC(C)=O)C(C)[C@@H](C)[C@H]3OC(C)=O)nn2)cc1OC.CCCNC(=O)OCc1ccc(-c2cn(CC3O[C@H](OCC(COC)OC(C)=O)C(C)[C@@H](C)[C@H]3OC(C)=O)nn2)cc1OC. The minimum Gasteiger partial charge on any atom is -0.496 e. The smallest absolute Gasteiger partial charge is 0.471 e. The molecule has 42 heteroatoms. The first-order chi connectivity index (χ1) is 60.9. The summed E-state index contributed by atoms with van der Waals surface area (Å²) in [5, 5.41) is 23.6. The molecule has 3 aromatic carbocycles. The van der Waals surface area contributed by atoms with E-state index in [4.69, 9.17) is 61.6 Å². The highest BCUT2D eigenvalue weighted by Crippen LogP contribution is 2.38. The van der Waals surface area contributed by atoms with Gasteiger partial charge in [-0.1, -0.05) is 133 Å². The van der Waals surface area contributed by atoms with Crippen LogP contribution in [0.5, 0.6) is 11.5 Å². The van der Waals surface area contributed by atoms with Gasteiger partial charge in [0.05, 0.1) is 66.1 Å². The fraction of sp³-hybridized carbons (Fsp3) is 0.593. The van der Waals surface area contributed by atoms with E-state index in [1.54, 1.807) is 84.7 Å². The number of carbonyl (C=O) groups excluding carboxylic acids is 13. The van der Waals surface area contributed by atoms with Crippen LogP contribution in [-0.4, -0.2) is 239 Å². The number of alkyl halides is 3. The Bertz CT molecular complexity index is 4390. The molecule has 128 heavy (non-hydrogen) atoms. The van der Waals surface area contributed by atoms with Gasteiger partial charge in [-0.25, -0.2) is 28.5 Å². The number of unbranched alkanes of at least 4 members (excludes halogenated alkanes) is 2. The molecule has 0 radical (unpaired) electrons. The van der Waals surface area contributed by atoms with Crippen LogP contribution in [0.4, 0.5) is 22.8 Å². The molecule has 4 aliphatic heterocycles. The Kier molecular flexibility index (Phi) is 43.6. The third-order valence-electron chi connectivity index (χ3n) is 20.2. The van der Waals surface area contributed by atoms with E-state index in [2.05, 4.69) is 40.9 Å². The number of aromatic nitrogens is 6. The summed E-state index contributed by atoms with van der Waals surface area (Å²) >= 11 is 0. The second-order valence-electron chi connectivity index (χ2n) is 30.4. The van der Waals surface area contributed by atoms with Gasteiger partial charge in [-0.05, 0) is 43.4 Å². The van der Waals surface area contributed by atoms with E-state index in [0.717, 1.165) is 38.2 Å². The number of alkyl carbamates (subject to hydrolysis) is 2. The summed E-state index contributed by atoms with van der Waals surface area (Å²) in [7, 11) is 4.54. The van der Waals surface area contributed by atoms with Crippen LogP contribution in [0.1, 0.15) is 177 Å². The van der Waals surface area contributed by atoms with Crippen molar-refractivity contribution < 1.29 is 147 Å². The molecule has 0 saturated carbocycles. The van der Waals surface area contributed by atoms with Crippen molar-refractivity contribution in [3.63, 3.8) is 0 Å². The Balaban J connectivity index is 0.000000306. The molecule has 0 bridgehead atoms. The van der Waals surface area contributed by atoms with Gasteiger partial charge in [-0.2, -0.15) is 13.2 Å². The number of ether oxygens (including phenoxy) is 13. The Labute approximate surface area is 739 Å². The van der Waals surface area contributed by atoms with Gasteiger partial charge in [0.25, 0.3) is 23.6 Å². The van der Waals surface area contributed by atoms with E-state index >= 15 is 0 Å². The van der Waals surface area contributed by atoms with Crippen LogP contribution < -0.4 is 20.1 Å². The van der Waals surface area contributed by atoms with E-state index in [9.17, 15) is 75.5 Å². The number of nitrogens with zero attached hydrogens (tertiary/aromatic N) is 9. The van der Waals surface area contributed by atoms with Crippen molar-refractivity contribution in [3.05, 3.63) is 95.8 Å². The van der Waals surface area contributed by atoms with E-state index < -0.39 is 152 Å².